The van der Waals surface area contributed by atoms with Crippen LogP contribution in [-0.2, 0) is 24.1 Å². The zero-order valence-electron chi connectivity index (χ0n) is 22.8. The smallest absolute Gasteiger partial charge is 0.417 e. The van der Waals surface area contributed by atoms with Gasteiger partial charge >= 0.3 is 12.1 Å². The van der Waals surface area contributed by atoms with Crippen LogP contribution >= 0.6 is 11.8 Å². The zero-order chi connectivity index (χ0) is 30.1. The molecule has 6 nitrogen and oxygen atoms in total. The fourth-order valence-corrected chi connectivity index (χ4v) is 5.08. The highest BCUT2D eigenvalue weighted by molar-refractivity contribution is 7.98. The van der Waals surface area contributed by atoms with Gasteiger partial charge in [0.1, 0.15) is 6.04 Å². The number of aromatic nitrogens is 1. The quantitative estimate of drug-likeness (QED) is 0.186. The molecule has 0 spiro atoms. The second kappa shape index (κ2) is 14.0. The van der Waals surface area contributed by atoms with Crippen molar-refractivity contribution < 1.29 is 27.9 Å². The number of pyridine rings is 1. The van der Waals surface area contributed by atoms with Crippen molar-refractivity contribution in [1.82, 2.24) is 10.3 Å². The molecule has 0 aliphatic heterocycles. The molecule has 10 heteroatoms. The molecule has 3 aromatic carbocycles. The number of hydrogen-bond acceptors (Lipinski definition) is 5. The monoisotopic (exact) mass is 593 g/mol. The van der Waals surface area contributed by atoms with Crippen LogP contribution in [0.1, 0.15) is 33.5 Å². The number of rotatable bonds is 12. The standard InChI is InChI=1S/C32H30F3N3O3S/c1-42-17-15-29(31(40)41)37-30(39)26-14-13-23(18-27(26)25-11-5-6-12-28(25)32(33,34)35)21-38(24-10-7-16-36-19-24)20-22-8-3-2-4-9-22/h2-14,16,18-19,29H,15,17,20-21H2,1H3,(H,37,39)(H,40,41). The Morgan fingerprint density at radius 1 is 0.929 bits per heavy atom. The first kappa shape index (κ1) is 30.6. The van der Waals surface area contributed by atoms with Crippen molar-refractivity contribution in [3.05, 3.63) is 120 Å². The minimum absolute atomic E-state index is 0.0400. The van der Waals surface area contributed by atoms with Gasteiger partial charge in [-0.1, -0.05) is 54.6 Å². The van der Waals surface area contributed by atoms with E-state index >= 15 is 0 Å². The van der Waals surface area contributed by atoms with E-state index in [1.54, 1.807) is 24.5 Å². The van der Waals surface area contributed by atoms with Crippen molar-refractivity contribution in [2.45, 2.75) is 31.7 Å². The van der Waals surface area contributed by atoms with Crippen LogP contribution in [0.15, 0.2) is 97.3 Å². The summed E-state index contributed by atoms with van der Waals surface area (Å²) in [6, 6.07) is 22.1. The number of nitrogens with one attached hydrogen (secondary N) is 1. The number of thioether (sulfide) groups is 1. The minimum Gasteiger partial charge on any atom is -0.480 e. The highest BCUT2D eigenvalue weighted by Crippen LogP contribution is 2.39. The van der Waals surface area contributed by atoms with Gasteiger partial charge in [0.15, 0.2) is 0 Å². The number of carboxylic acid groups (broad SMARTS) is 1. The van der Waals surface area contributed by atoms with Crippen LogP contribution < -0.4 is 10.2 Å². The number of anilines is 1. The number of carbonyl (C=O) groups excluding carboxylic acids is 1. The fraction of sp³-hybridized carbons (Fsp3) is 0.219. The predicted molar refractivity (Wildman–Crippen MR) is 159 cm³/mol. The van der Waals surface area contributed by atoms with Crippen molar-refractivity contribution >= 4 is 29.3 Å². The molecule has 0 radical (unpaired) electrons. The van der Waals surface area contributed by atoms with Gasteiger partial charge in [0.05, 0.1) is 17.4 Å². The number of carbonyl (C=O) groups is 2. The summed E-state index contributed by atoms with van der Waals surface area (Å²) in [5, 5.41) is 12.1. The van der Waals surface area contributed by atoms with Crippen LogP contribution in [0.2, 0.25) is 0 Å². The van der Waals surface area contributed by atoms with Crippen molar-refractivity contribution in [2.75, 3.05) is 16.9 Å². The van der Waals surface area contributed by atoms with Crippen molar-refractivity contribution in [1.29, 1.82) is 0 Å². The van der Waals surface area contributed by atoms with E-state index in [0.717, 1.165) is 17.3 Å². The van der Waals surface area contributed by atoms with Crippen molar-refractivity contribution in [3.8, 4) is 11.1 Å². The summed E-state index contributed by atoms with van der Waals surface area (Å²) in [6.07, 6.45) is 0.697. The summed E-state index contributed by atoms with van der Waals surface area (Å²) >= 11 is 1.43. The topological polar surface area (TPSA) is 82.5 Å². The van der Waals surface area contributed by atoms with Crippen LogP contribution in [0.5, 0.6) is 0 Å². The van der Waals surface area contributed by atoms with Gasteiger partial charge in [-0.25, -0.2) is 4.79 Å². The van der Waals surface area contributed by atoms with Crippen LogP contribution in [0, 0.1) is 0 Å². The Hall–Kier alpha value is -4.31. The van der Waals surface area contributed by atoms with Gasteiger partial charge in [0, 0.05) is 24.8 Å². The van der Waals surface area contributed by atoms with Gasteiger partial charge in [-0.2, -0.15) is 24.9 Å². The van der Waals surface area contributed by atoms with Gasteiger partial charge in [-0.15, -0.1) is 0 Å². The van der Waals surface area contributed by atoms with Crippen LogP contribution in [0.3, 0.4) is 0 Å². The number of halogens is 3. The number of alkyl halides is 3. The maximum atomic E-state index is 14.1. The Labute approximate surface area is 246 Å². The van der Waals surface area contributed by atoms with Crippen LogP contribution in [0.25, 0.3) is 11.1 Å². The first-order valence-corrected chi connectivity index (χ1v) is 14.6. The highest BCUT2D eigenvalue weighted by Gasteiger charge is 2.34. The van der Waals surface area contributed by atoms with Crippen LogP contribution in [0.4, 0.5) is 18.9 Å². The molecule has 1 unspecified atom stereocenters. The molecule has 2 N–H and O–H groups in total. The molecule has 0 aliphatic rings. The lowest BCUT2D eigenvalue weighted by Crippen LogP contribution is -2.41. The van der Waals surface area contributed by atoms with E-state index in [2.05, 4.69) is 10.3 Å². The summed E-state index contributed by atoms with van der Waals surface area (Å²) in [6.45, 7) is 0.827. The second-order valence-corrected chi connectivity index (χ2v) is 10.6. The molecule has 1 aromatic heterocycles. The Kier molecular flexibility index (Phi) is 10.2. The molecular weight excluding hydrogens is 563 g/mol. The maximum Gasteiger partial charge on any atom is 0.417 e. The third-order valence-electron chi connectivity index (χ3n) is 6.67. The predicted octanol–water partition coefficient (Wildman–Crippen LogP) is 6.91. The van der Waals surface area contributed by atoms with E-state index in [-0.39, 0.29) is 23.1 Å². The molecule has 4 aromatic rings. The Balaban J connectivity index is 1.78. The summed E-state index contributed by atoms with van der Waals surface area (Å²) in [5.41, 5.74) is 1.49. The van der Waals surface area contributed by atoms with E-state index < -0.39 is 29.7 Å². The first-order chi connectivity index (χ1) is 20.2. The number of carboxylic acids is 1. The van der Waals surface area contributed by atoms with Gasteiger partial charge in [0.25, 0.3) is 5.91 Å². The molecule has 1 heterocycles. The third kappa shape index (κ3) is 7.91. The average molecular weight is 594 g/mol. The highest BCUT2D eigenvalue weighted by atomic mass is 32.2. The van der Waals surface area contributed by atoms with Crippen LogP contribution in [-0.4, -0.2) is 40.0 Å². The number of aliphatic carboxylic acids is 1. The zero-order valence-corrected chi connectivity index (χ0v) is 23.7. The molecule has 4 rings (SSSR count). The van der Waals surface area contributed by atoms with Crippen molar-refractivity contribution in [3.63, 3.8) is 0 Å². The van der Waals surface area contributed by atoms with Gasteiger partial charge in [0.2, 0.25) is 0 Å². The second-order valence-electron chi connectivity index (χ2n) is 9.62. The Morgan fingerprint density at radius 3 is 2.31 bits per heavy atom. The molecule has 42 heavy (non-hydrogen) atoms. The summed E-state index contributed by atoms with van der Waals surface area (Å²) in [4.78, 5) is 31.4. The number of nitrogens with zero attached hydrogens (tertiary/aromatic N) is 2. The van der Waals surface area contributed by atoms with Gasteiger partial charge < -0.3 is 15.3 Å². The maximum absolute atomic E-state index is 14.1. The lowest BCUT2D eigenvalue weighted by atomic mass is 9.92. The van der Waals surface area contributed by atoms with Crippen molar-refractivity contribution in [2.24, 2.45) is 0 Å². The number of benzene rings is 3. The fourth-order valence-electron chi connectivity index (χ4n) is 4.61. The lowest BCUT2D eigenvalue weighted by Gasteiger charge is -2.26. The lowest BCUT2D eigenvalue weighted by molar-refractivity contribution is -0.139. The van der Waals surface area contributed by atoms with E-state index in [1.165, 1.54) is 36.0 Å². The molecule has 0 bridgehead atoms. The minimum atomic E-state index is -4.67. The molecular formula is C32H30F3N3O3S. The summed E-state index contributed by atoms with van der Waals surface area (Å²) < 4.78 is 42.3. The molecule has 1 atom stereocenters. The molecule has 1 amide bonds. The van der Waals surface area contributed by atoms with Gasteiger partial charge in [-0.05, 0) is 71.0 Å². The first-order valence-electron chi connectivity index (χ1n) is 13.2. The van der Waals surface area contributed by atoms with E-state index in [9.17, 15) is 27.9 Å². The largest absolute Gasteiger partial charge is 0.480 e. The Morgan fingerprint density at radius 2 is 1.64 bits per heavy atom. The molecule has 0 fully saturated rings. The van der Waals surface area contributed by atoms with Gasteiger partial charge in [-0.3, -0.25) is 9.78 Å². The third-order valence-corrected chi connectivity index (χ3v) is 7.31. The molecule has 0 saturated heterocycles. The summed E-state index contributed by atoms with van der Waals surface area (Å²) in [5.74, 6) is -1.47. The molecule has 0 saturated carbocycles. The summed E-state index contributed by atoms with van der Waals surface area (Å²) in [7, 11) is 0. The SMILES string of the molecule is CSCCC(NC(=O)c1ccc(CN(Cc2ccccc2)c2cccnc2)cc1-c1ccccc1C(F)(F)F)C(=O)O. The normalized spacial score (nSPS) is 12.0. The number of hydrogen-bond donors (Lipinski definition) is 2. The number of amides is 1. The van der Waals surface area contributed by atoms with E-state index in [0.29, 0.717) is 24.4 Å². The van der Waals surface area contributed by atoms with E-state index in [1.807, 2.05) is 53.6 Å². The molecule has 0 aliphatic carbocycles. The average Bonchev–Trinajstić information content (AvgIpc) is 2.99. The Bertz CT molecular complexity index is 1500. The van der Waals surface area contributed by atoms with E-state index in [4.69, 9.17) is 0 Å². The molecule has 218 valence electrons.